The van der Waals surface area contributed by atoms with E-state index in [1.807, 2.05) is 65.6 Å². The van der Waals surface area contributed by atoms with E-state index in [9.17, 15) is 14.4 Å². The third kappa shape index (κ3) is 3.97. The van der Waals surface area contributed by atoms with Crippen molar-refractivity contribution in [3.05, 3.63) is 78.5 Å². The largest absolute Gasteiger partial charge is 0.323 e. The number of hydrogen-bond acceptors (Lipinski definition) is 5. The van der Waals surface area contributed by atoms with Crippen LogP contribution < -0.4 is 5.32 Å². The molecule has 3 aliphatic rings. The lowest BCUT2D eigenvalue weighted by Gasteiger charge is -2.45. The lowest BCUT2D eigenvalue weighted by Crippen LogP contribution is -2.67. The van der Waals surface area contributed by atoms with Gasteiger partial charge < -0.3 is 4.90 Å². The maximum atomic E-state index is 13.4. The van der Waals surface area contributed by atoms with Crippen molar-refractivity contribution in [2.45, 2.75) is 24.4 Å². The molecule has 4 amide bonds. The van der Waals surface area contributed by atoms with E-state index in [1.165, 1.54) is 4.90 Å². The number of nitrogens with one attached hydrogen (secondary N) is 1. The van der Waals surface area contributed by atoms with Crippen molar-refractivity contribution in [1.82, 2.24) is 24.5 Å². The van der Waals surface area contributed by atoms with Gasteiger partial charge in [0.15, 0.2) is 0 Å². The van der Waals surface area contributed by atoms with Crippen molar-refractivity contribution in [1.29, 1.82) is 0 Å². The van der Waals surface area contributed by atoms with E-state index in [1.54, 1.807) is 21.8 Å². The molecule has 1 N–H and O–H groups in total. The average Bonchev–Trinajstić information content (AvgIpc) is 3.53. The Labute approximate surface area is 202 Å². The predicted molar refractivity (Wildman–Crippen MR) is 129 cm³/mol. The summed E-state index contributed by atoms with van der Waals surface area (Å²) in [5.41, 5.74) is 1.99. The van der Waals surface area contributed by atoms with Crippen LogP contribution in [0.3, 0.4) is 0 Å². The zero-order chi connectivity index (χ0) is 23.9. The van der Waals surface area contributed by atoms with Crippen molar-refractivity contribution in [3.8, 4) is 5.69 Å². The number of rotatable bonds is 4. The summed E-state index contributed by atoms with van der Waals surface area (Å²) >= 11 is 0. The van der Waals surface area contributed by atoms with Gasteiger partial charge in [-0.1, -0.05) is 48.5 Å². The van der Waals surface area contributed by atoms with Crippen molar-refractivity contribution in [3.63, 3.8) is 0 Å². The molecule has 3 atom stereocenters. The third-order valence-corrected chi connectivity index (χ3v) is 7.10. The molecule has 35 heavy (non-hydrogen) atoms. The number of piperazine rings is 2. The van der Waals surface area contributed by atoms with Crippen LogP contribution in [-0.2, 0) is 9.59 Å². The zero-order valence-electron chi connectivity index (χ0n) is 19.2. The van der Waals surface area contributed by atoms with Gasteiger partial charge in [-0.15, -0.1) is 0 Å². The number of carbonyl (C=O) groups excluding carboxylic acids is 3. The number of anilines is 1. The van der Waals surface area contributed by atoms with Crippen LogP contribution in [0.2, 0.25) is 0 Å². The van der Waals surface area contributed by atoms with Gasteiger partial charge in [0.25, 0.3) is 0 Å². The first-order chi connectivity index (χ1) is 17.1. The molecule has 3 fully saturated rings. The van der Waals surface area contributed by atoms with Crippen LogP contribution in [0.15, 0.2) is 72.9 Å². The van der Waals surface area contributed by atoms with E-state index >= 15 is 0 Å². The third-order valence-electron chi connectivity index (χ3n) is 7.10. The second-order valence-corrected chi connectivity index (χ2v) is 9.25. The summed E-state index contributed by atoms with van der Waals surface area (Å²) in [7, 11) is 0. The number of fused-ring (bicyclic) bond motifs is 1. The Balaban J connectivity index is 1.14. The van der Waals surface area contributed by atoms with Crippen molar-refractivity contribution in [2.24, 2.45) is 0 Å². The molecule has 9 nitrogen and oxygen atoms in total. The molecule has 6 rings (SSSR count). The zero-order valence-corrected chi connectivity index (χ0v) is 19.2. The van der Waals surface area contributed by atoms with Crippen molar-refractivity contribution < 1.29 is 14.4 Å². The number of nitrogens with zero attached hydrogens (tertiary/aromatic N) is 5. The highest BCUT2D eigenvalue weighted by Crippen LogP contribution is 2.45. The van der Waals surface area contributed by atoms with Crippen molar-refractivity contribution >= 4 is 23.7 Å². The molecule has 0 radical (unpaired) electrons. The van der Waals surface area contributed by atoms with Gasteiger partial charge in [-0.05, 0) is 24.1 Å². The molecule has 2 saturated heterocycles. The van der Waals surface area contributed by atoms with Crippen molar-refractivity contribution in [2.75, 3.05) is 31.5 Å². The molecule has 3 aromatic rings. The fourth-order valence-electron chi connectivity index (χ4n) is 5.20. The molecule has 1 unspecified atom stereocenters. The Morgan fingerprint density at radius 3 is 2.46 bits per heavy atom. The Bertz CT molecular complexity index is 1260. The van der Waals surface area contributed by atoms with E-state index in [2.05, 4.69) is 10.4 Å². The number of benzene rings is 2. The standard InChI is InChI=1S/C26H26N6O3/c33-24-17-29-13-14-30(26(35)28-23-11-12-27-32(23)19-9-5-2-6-10-19)16-22(29)25(34)31(24)21-15-20(21)18-7-3-1-4-8-18/h1-12,20-22H,13-17H2,(H,28,35)/t20-,21+,22?/m1/s1. The topological polar surface area (TPSA) is 90.8 Å². The maximum Gasteiger partial charge on any atom is 0.323 e. The first-order valence-electron chi connectivity index (χ1n) is 11.9. The highest BCUT2D eigenvalue weighted by atomic mass is 16.2. The van der Waals surface area contributed by atoms with E-state index in [0.29, 0.717) is 18.9 Å². The van der Waals surface area contributed by atoms with Crippen LogP contribution in [0.4, 0.5) is 10.6 Å². The van der Waals surface area contributed by atoms with Gasteiger partial charge >= 0.3 is 6.03 Å². The number of aromatic nitrogens is 2. The summed E-state index contributed by atoms with van der Waals surface area (Å²) in [6.07, 6.45) is 2.43. The predicted octanol–water partition coefficient (Wildman–Crippen LogP) is 2.32. The van der Waals surface area contributed by atoms with Crippen LogP contribution in [0.5, 0.6) is 0 Å². The van der Waals surface area contributed by atoms with Crippen LogP contribution in [0.25, 0.3) is 5.69 Å². The Kier molecular flexibility index (Phi) is 5.33. The molecule has 0 bridgehead atoms. The summed E-state index contributed by atoms with van der Waals surface area (Å²) < 4.78 is 1.66. The number of urea groups is 1. The quantitative estimate of drug-likeness (QED) is 0.591. The number of para-hydroxylation sites is 1. The van der Waals surface area contributed by atoms with Crippen LogP contribution in [0, 0.1) is 0 Å². The second kappa shape index (κ2) is 8.66. The molecular formula is C26H26N6O3. The molecule has 1 saturated carbocycles. The van der Waals surface area contributed by atoms with Gasteiger partial charge in [0, 0.05) is 37.7 Å². The van der Waals surface area contributed by atoms with Crippen LogP contribution in [0.1, 0.15) is 17.9 Å². The smallest absolute Gasteiger partial charge is 0.321 e. The molecule has 9 heteroatoms. The molecule has 178 valence electrons. The van der Waals surface area contributed by atoms with E-state index in [-0.39, 0.29) is 42.9 Å². The lowest BCUT2D eigenvalue weighted by atomic mass is 10.1. The van der Waals surface area contributed by atoms with Gasteiger partial charge in [0.2, 0.25) is 11.8 Å². The average molecular weight is 471 g/mol. The molecule has 1 aliphatic carbocycles. The van der Waals surface area contributed by atoms with Gasteiger partial charge in [0.05, 0.1) is 18.4 Å². The number of amides is 4. The molecule has 3 heterocycles. The minimum absolute atomic E-state index is 0.0935. The number of carbonyl (C=O) groups is 3. The van der Waals surface area contributed by atoms with Crippen LogP contribution >= 0.6 is 0 Å². The fraction of sp³-hybridized carbons (Fsp3) is 0.308. The number of imide groups is 1. The molecular weight excluding hydrogens is 444 g/mol. The molecule has 2 aliphatic heterocycles. The Morgan fingerprint density at radius 1 is 0.943 bits per heavy atom. The highest BCUT2D eigenvalue weighted by molar-refractivity contribution is 6.02. The molecule has 0 spiro atoms. The summed E-state index contributed by atoms with van der Waals surface area (Å²) in [4.78, 5) is 44.5. The first kappa shape index (κ1) is 21.5. The summed E-state index contributed by atoms with van der Waals surface area (Å²) in [5, 5.41) is 7.25. The van der Waals surface area contributed by atoms with Gasteiger partial charge in [-0.25, -0.2) is 9.48 Å². The normalized spacial score (nSPS) is 24.3. The van der Waals surface area contributed by atoms with Crippen LogP contribution in [-0.4, -0.2) is 80.6 Å². The van der Waals surface area contributed by atoms with Gasteiger partial charge in [-0.2, -0.15) is 5.10 Å². The Morgan fingerprint density at radius 2 is 1.69 bits per heavy atom. The molecule has 2 aromatic carbocycles. The van der Waals surface area contributed by atoms with Gasteiger partial charge in [-0.3, -0.25) is 24.7 Å². The summed E-state index contributed by atoms with van der Waals surface area (Å²) in [6.45, 7) is 1.38. The SMILES string of the molecule is O=C(Nc1ccnn1-c1ccccc1)N1CCN2CC(=O)N([C@H]3C[C@@H]3c3ccccc3)C(=O)C2C1. The summed E-state index contributed by atoms with van der Waals surface area (Å²) in [5.74, 6) is 0.409. The van der Waals surface area contributed by atoms with E-state index in [0.717, 1.165) is 17.7 Å². The monoisotopic (exact) mass is 470 g/mol. The lowest BCUT2D eigenvalue weighted by molar-refractivity contribution is -0.158. The molecule has 1 aromatic heterocycles. The highest BCUT2D eigenvalue weighted by Gasteiger charge is 2.53. The maximum absolute atomic E-state index is 13.4. The van der Waals surface area contributed by atoms with Gasteiger partial charge in [0.1, 0.15) is 11.9 Å². The van der Waals surface area contributed by atoms with E-state index < -0.39 is 6.04 Å². The Hall–Kier alpha value is -3.98. The summed E-state index contributed by atoms with van der Waals surface area (Å²) in [6, 6.07) is 20.4. The number of hydrogen-bond donors (Lipinski definition) is 1. The second-order valence-electron chi connectivity index (χ2n) is 9.25. The first-order valence-corrected chi connectivity index (χ1v) is 11.9. The minimum Gasteiger partial charge on any atom is -0.321 e. The fourth-order valence-corrected chi connectivity index (χ4v) is 5.20. The minimum atomic E-state index is -0.511. The van der Waals surface area contributed by atoms with E-state index in [4.69, 9.17) is 0 Å².